The first-order valence-corrected chi connectivity index (χ1v) is 7.60. The molecule has 1 aromatic carbocycles. The van der Waals surface area contributed by atoms with Gasteiger partial charge in [-0.3, -0.25) is 0 Å². The summed E-state index contributed by atoms with van der Waals surface area (Å²) in [5.74, 6) is 0. The fourth-order valence-corrected chi connectivity index (χ4v) is 2.77. The van der Waals surface area contributed by atoms with Gasteiger partial charge in [0.1, 0.15) is 0 Å². The highest BCUT2D eigenvalue weighted by Gasteiger charge is 2.26. The number of benzene rings is 1. The van der Waals surface area contributed by atoms with E-state index in [9.17, 15) is 0 Å². The van der Waals surface area contributed by atoms with Crippen molar-refractivity contribution in [1.82, 2.24) is 0 Å². The van der Waals surface area contributed by atoms with Gasteiger partial charge < -0.3 is 10.6 Å². The molecular weight excluding hydrogens is 232 g/mol. The molecule has 0 saturated carbocycles. The molecule has 1 atom stereocenters. The van der Waals surface area contributed by atoms with Crippen LogP contribution in [0.15, 0.2) is 24.3 Å². The zero-order valence-electron chi connectivity index (χ0n) is 12.7. The van der Waals surface area contributed by atoms with E-state index in [1.807, 2.05) is 0 Å². The molecule has 0 spiro atoms. The number of hydrogen-bond donors (Lipinski definition) is 1. The number of nitrogens with two attached hydrogens (primary N) is 1. The van der Waals surface area contributed by atoms with E-state index in [0.717, 1.165) is 12.8 Å². The second-order valence-electron chi connectivity index (χ2n) is 6.65. The Morgan fingerprint density at radius 1 is 1.21 bits per heavy atom. The van der Waals surface area contributed by atoms with Crippen LogP contribution in [0.3, 0.4) is 0 Å². The zero-order valence-corrected chi connectivity index (χ0v) is 12.7. The lowest BCUT2D eigenvalue weighted by atomic mass is 9.82. The van der Waals surface area contributed by atoms with Crippen LogP contribution in [0.2, 0.25) is 0 Å². The molecule has 1 aliphatic rings. The maximum atomic E-state index is 6.13. The monoisotopic (exact) mass is 260 g/mol. The third-order valence-corrected chi connectivity index (χ3v) is 4.46. The predicted octanol–water partition coefficient (Wildman–Crippen LogP) is 3.59. The highest BCUT2D eigenvalue weighted by atomic mass is 15.1. The molecular formula is C17H28N2. The summed E-state index contributed by atoms with van der Waals surface area (Å²) in [5.41, 5.74) is 9.45. The highest BCUT2D eigenvalue weighted by molar-refractivity contribution is 5.54. The Kier molecular flexibility index (Phi) is 4.51. The van der Waals surface area contributed by atoms with E-state index >= 15 is 0 Å². The Hall–Kier alpha value is -1.02. The Labute approximate surface area is 118 Å². The molecule has 1 heterocycles. The van der Waals surface area contributed by atoms with E-state index in [4.69, 9.17) is 5.73 Å². The first kappa shape index (κ1) is 14.4. The molecule has 2 heteroatoms. The van der Waals surface area contributed by atoms with Crippen molar-refractivity contribution >= 4 is 5.69 Å². The largest absolute Gasteiger partial charge is 0.371 e. The van der Waals surface area contributed by atoms with Crippen molar-refractivity contribution in [3.63, 3.8) is 0 Å². The number of hydrogen-bond acceptors (Lipinski definition) is 2. The fourth-order valence-electron chi connectivity index (χ4n) is 2.77. The average Bonchev–Trinajstić information content (AvgIpc) is 2.39. The van der Waals surface area contributed by atoms with Gasteiger partial charge in [-0.2, -0.15) is 0 Å². The number of para-hydroxylation sites is 1. The Balaban J connectivity index is 2.12. The van der Waals surface area contributed by atoms with Crippen molar-refractivity contribution in [3.05, 3.63) is 29.8 Å². The van der Waals surface area contributed by atoms with Crippen molar-refractivity contribution in [2.75, 3.05) is 18.0 Å². The molecule has 0 radical (unpaired) electrons. The van der Waals surface area contributed by atoms with Gasteiger partial charge in [-0.05, 0) is 42.7 Å². The first-order chi connectivity index (χ1) is 9.02. The second kappa shape index (κ2) is 5.96. The van der Waals surface area contributed by atoms with E-state index in [2.05, 4.69) is 49.9 Å². The van der Waals surface area contributed by atoms with Gasteiger partial charge in [-0.15, -0.1) is 0 Å². The summed E-state index contributed by atoms with van der Waals surface area (Å²) in [5, 5.41) is 0. The summed E-state index contributed by atoms with van der Waals surface area (Å²) < 4.78 is 0. The molecule has 0 aromatic heterocycles. The molecule has 0 bridgehead atoms. The van der Waals surface area contributed by atoms with Crippen LogP contribution >= 0.6 is 0 Å². The van der Waals surface area contributed by atoms with Crippen LogP contribution in [-0.4, -0.2) is 19.1 Å². The topological polar surface area (TPSA) is 29.3 Å². The molecule has 106 valence electrons. The van der Waals surface area contributed by atoms with Crippen LogP contribution in [0, 0.1) is 5.41 Å². The van der Waals surface area contributed by atoms with Gasteiger partial charge in [-0.1, -0.05) is 39.0 Å². The quantitative estimate of drug-likeness (QED) is 0.896. The average molecular weight is 260 g/mol. The van der Waals surface area contributed by atoms with Crippen LogP contribution in [0.4, 0.5) is 5.69 Å². The predicted molar refractivity (Wildman–Crippen MR) is 83.6 cm³/mol. The van der Waals surface area contributed by atoms with E-state index in [1.165, 1.54) is 37.2 Å². The molecule has 19 heavy (non-hydrogen) atoms. The SMILES string of the molecule is CCC(N)Cc1ccccc1N1CCC(C)(C)CC1. The summed E-state index contributed by atoms with van der Waals surface area (Å²) in [6.45, 7) is 9.26. The Morgan fingerprint density at radius 3 is 2.47 bits per heavy atom. The summed E-state index contributed by atoms with van der Waals surface area (Å²) in [6.07, 6.45) is 4.59. The van der Waals surface area contributed by atoms with Crippen molar-refractivity contribution in [2.24, 2.45) is 11.1 Å². The van der Waals surface area contributed by atoms with Crippen molar-refractivity contribution in [3.8, 4) is 0 Å². The molecule has 0 amide bonds. The highest BCUT2D eigenvalue weighted by Crippen LogP contribution is 2.33. The van der Waals surface area contributed by atoms with Crippen LogP contribution in [-0.2, 0) is 6.42 Å². The maximum absolute atomic E-state index is 6.13. The molecule has 2 nitrogen and oxygen atoms in total. The third-order valence-electron chi connectivity index (χ3n) is 4.46. The molecule has 2 rings (SSSR count). The molecule has 1 aliphatic heterocycles. The lowest BCUT2D eigenvalue weighted by Crippen LogP contribution is -2.38. The molecule has 1 fully saturated rings. The first-order valence-electron chi connectivity index (χ1n) is 7.60. The van der Waals surface area contributed by atoms with Gasteiger partial charge in [-0.25, -0.2) is 0 Å². The van der Waals surface area contributed by atoms with Crippen LogP contribution in [0.1, 0.15) is 45.6 Å². The minimum atomic E-state index is 0.280. The van der Waals surface area contributed by atoms with Gasteiger partial charge in [0.15, 0.2) is 0 Å². The van der Waals surface area contributed by atoms with Crippen LogP contribution < -0.4 is 10.6 Å². The summed E-state index contributed by atoms with van der Waals surface area (Å²) >= 11 is 0. The lowest BCUT2D eigenvalue weighted by Gasteiger charge is -2.39. The molecule has 0 aliphatic carbocycles. The van der Waals surface area contributed by atoms with E-state index in [-0.39, 0.29) is 6.04 Å². The maximum Gasteiger partial charge on any atom is 0.0399 e. The fraction of sp³-hybridized carbons (Fsp3) is 0.647. The number of rotatable bonds is 4. The van der Waals surface area contributed by atoms with Gasteiger partial charge in [0.2, 0.25) is 0 Å². The summed E-state index contributed by atoms with van der Waals surface area (Å²) in [4.78, 5) is 2.54. The number of nitrogens with zero attached hydrogens (tertiary/aromatic N) is 1. The van der Waals surface area contributed by atoms with Crippen molar-refractivity contribution in [1.29, 1.82) is 0 Å². The lowest BCUT2D eigenvalue weighted by molar-refractivity contribution is 0.279. The normalized spacial score (nSPS) is 20.3. The summed E-state index contributed by atoms with van der Waals surface area (Å²) in [7, 11) is 0. The third kappa shape index (κ3) is 3.73. The van der Waals surface area contributed by atoms with Gasteiger partial charge in [0.25, 0.3) is 0 Å². The summed E-state index contributed by atoms with van der Waals surface area (Å²) in [6, 6.07) is 9.06. The Morgan fingerprint density at radius 2 is 1.84 bits per heavy atom. The van der Waals surface area contributed by atoms with Crippen molar-refractivity contribution in [2.45, 2.75) is 52.5 Å². The molecule has 1 unspecified atom stereocenters. The molecule has 1 aromatic rings. The standard InChI is InChI=1S/C17H28N2/c1-4-15(18)13-14-7-5-6-8-16(14)19-11-9-17(2,3)10-12-19/h5-8,15H,4,9-13,18H2,1-3H3. The molecule has 2 N–H and O–H groups in total. The minimum absolute atomic E-state index is 0.280. The number of anilines is 1. The van der Waals surface area contributed by atoms with Crippen LogP contribution in [0.5, 0.6) is 0 Å². The number of piperidine rings is 1. The van der Waals surface area contributed by atoms with E-state index < -0.39 is 0 Å². The zero-order chi connectivity index (χ0) is 13.9. The van der Waals surface area contributed by atoms with Crippen LogP contribution in [0.25, 0.3) is 0 Å². The Bertz CT molecular complexity index is 401. The second-order valence-corrected chi connectivity index (χ2v) is 6.65. The smallest absolute Gasteiger partial charge is 0.0399 e. The molecule has 1 saturated heterocycles. The van der Waals surface area contributed by atoms with E-state index in [0.29, 0.717) is 5.41 Å². The van der Waals surface area contributed by atoms with Gasteiger partial charge in [0, 0.05) is 24.8 Å². The van der Waals surface area contributed by atoms with Crippen molar-refractivity contribution < 1.29 is 0 Å². The van der Waals surface area contributed by atoms with Gasteiger partial charge in [0.05, 0.1) is 0 Å². The van der Waals surface area contributed by atoms with E-state index in [1.54, 1.807) is 0 Å². The van der Waals surface area contributed by atoms with Gasteiger partial charge >= 0.3 is 0 Å². The minimum Gasteiger partial charge on any atom is -0.371 e.